The maximum Gasteiger partial charge on any atom is 0.258 e. The third-order valence-electron chi connectivity index (χ3n) is 4.84. The van der Waals surface area contributed by atoms with Crippen LogP contribution < -0.4 is 10.1 Å². The Kier molecular flexibility index (Phi) is 3.11. The van der Waals surface area contributed by atoms with Crippen molar-refractivity contribution in [3.8, 4) is 5.88 Å². The van der Waals surface area contributed by atoms with Crippen molar-refractivity contribution in [3.05, 3.63) is 23.4 Å². The summed E-state index contributed by atoms with van der Waals surface area (Å²) < 4.78 is 9.59. The van der Waals surface area contributed by atoms with Gasteiger partial charge in [0.25, 0.3) is 5.91 Å². The number of nitrogens with one attached hydrogen (secondary N) is 1. The van der Waals surface area contributed by atoms with Gasteiger partial charge in [0, 0.05) is 24.9 Å². The highest BCUT2D eigenvalue weighted by atomic mass is 16.5. The van der Waals surface area contributed by atoms with Gasteiger partial charge in [-0.1, -0.05) is 0 Å². The van der Waals surface area contributed by atoms with Crippen LogP contribution in [0.3, 0.4) is 0 Å². The summed E-state index contributed by atoms with van der Waals surface area (Å²) in [6.07, 6.45) is 7.28. The Morgan fingerprint density at radius 2 is 2.17 bits per heavy atom. The number of aryl methyl sites for hydroxylation is 1. The quantitative estimate of drug-likeness (QED) is 0.896. The van der Waals surface area contributed by atoms with Crippen molar-refractivity contribution < 1.29 is 9.53 Å². The normalized spacial score (nSPS) is 19.7. The summed E-state index contributed by atoms with van der Waals surface area (Å²) in [6, 6.07) is 0.523. The van der Waals surface area contributed by atoms with Crippen molar-refractivity contribution in [1.29, 1.82) is 0 Å². The SMILES string of the molecule is O=C(NCc1nnc(C2CC2)n1C1CC1)c1cnn2c1OCCC2. The topological polar surface area (TPSA) is 86.9 Å². The molecule has 0 unspecified atom stereocenters. The summed E-state index contributed by atoms with van der Waals surface area (Å²) in [7, 11) is 0. The summed E-state index contributed by atoms with van der Waals surface area (Å²) in [5.41, 5.74) is 0.495. The van der Waals surface area contributed by atoms with E-state index in [4.69, 9.17) is 4.74 Å². The molecule has 1 N–H and O–H groups in total. The molecule has 24 heavy (non-hydrogen) atoms. The van der Waals surface area contributed by atoms with Crippen LogP contribution >= 0.6 is 0 Å². The minimum Gasteiger partial charge on any atom is -0.477 e. The highest BCUT2D eigenvalue weighted by Crippen LogP contribution is 2.44. The van der Waals surface area contributed by atoms with Crippen LogP contribution in [0.5, 0.6) is 5.88 Å². The van der Waals surface area contributed by atoms with E-state index in [1.54, 1.807) is 10.9 Å². The fourth-order valence-corrected chi connectivity index (χ4v) is 3.29. The lowest BCUT2D eigenvalue weighted by Crippen LogP contribution is -2.26. The standard InChI is InChI=1S/C16H20N6O2/c23-15(12-8-18-21-6-1-7-24-16(12)21)17-9-13-19-20-14(10-2-3-10)22(13)11-4-5-11/h8,10-11H,1-7,9H2,(H,17,23). The average molecular weight is 328 g/mol. The molecule has 0 atom stereocenters. The fraction of sp³-hybridized carbons (Fsp3) is 0.625. The number of amides is 1. The molecule has 8 heteroatoms. The molecule has 8 nitrogen and oxygen atoms in total. The largest absolute Gasteiger partial charge is 0.477 e. The van der Waals surface area contributed by atoms with Gasteiger partial charge in [-0.2, -0.15) is 5.10 Å². The second kappa shape index (κ2) is 5.32. The molecule has 126 valence electrons. The Morgan fingerprint density at radius 3 is 2.96 bits per heavy atom. The van der Waals surface area contributed by atoms with Crippen LogP contribution in [0.15, 0.2) is 6.20 Å². The molecular weight excluding hydrogens is 308 g/mol. The molecule has 0 radical (unpaired) electrons. The van der Waals surface area contributed by atoms with Gasteiger partial charge >= 0.3 is 0 Å². The van der Waals surface area contributed by atoms with Crippen LogP contribution in [0.2, 0.25) is 0 Å². The number of fused-ring (bicyclic) bond motifs is 1. The van der Waals surface area contributed by atoms with E-state index in [-0.39, 0.29) is 5.91 Å². The first-order valence-corrected chi connectivity index (χ1v) is 8.72. The number of nitrogens with zero attached hydrogens (tertiary/aromatic N) is 5. The Balaban J connectivity index is 1.32. The molecule has 5 rings (SSSR count). The molecule has 3 aliphatic rings. The first-order valence-electron chi connectivity index (χ1n) is 8.72. The number of hydrogen-bond donors (Lipinski definition) is 1. The maximum absolute atomic E-state index is 12.5. The average Bonchev–Trinajstić information content (AvgIpc) is 3.54. The van der Waals surface area contributed by atoms with Gasteiger partial charge in [-0.05, 0) is 25.7 Å². The van der Waals surface area contributed by atoms with Crippen molar-refractivity contribution in [2.75, 3.05) is 6.61 Å². The third-order valence-corrected chi connectivity index (χ3v) is 4.84. The first-order chi connectivity index (χ1) is 11.8. The predicted octanol–water partition coefficient (Wildman–Crippen LogP) is 1.40. The Bertz CT molecular complexity index is 787. The molecular formula is C16H20N6O2. The monoisotopic (exact) mass is 328 g/mol. The zero-order valence-corrected chi connectivity index (χ0v) is 13.4. The number of rotatable bonds is 5. The van der Waals surface area contributed by atoms with E-state index < -0.39 is 0 Å². The molecule has 0 aromatic carbocycles. The van der Waals surface area contributed by atoms with Crippen molar-refractivity contribution in [2.24, 2.45) is 0 Å². The Labute approximate surface area is 139 Å². The number of hydrogen-bond acceptors (Lipinski definition) is 5. The highest BCUT2D eigenvalue weighted by Gasteiger charge is 2.36. The lowest BCUT2D eigenvalue weighted by molar-refractivity contribution is 0.0942. The van der Waals surface area contributed by atoms with Gasteiger partial charge in [0.1, 0.15) is 11.4 Å². The van der Waals surface area contributed by atoms with Crippen LogP contribution in [-0.4, -0.2) is 37.1 Å². The van der Waals surface area contributed by atoms with Crippen molar-refractivity contribution >= 4 is 5.91 Å². The molecule has 2 aromatic heterocycles. The van der Waals surface area contributed by atoms with Crippen LogP contribution in [-0.2, 0) is 13.1 Å². The Morgan fingerprint density at radius 1 is 1.29 bits per heavy atom. The summed E-state index contributed by atoms with van der Waals surface area (Å²) in [4.78, 5) is 12.5. The predicted molar refractivity (Wildman–Crippen MR) is 83.8 cm³/mol. The smallest absolute Gasteiger partial charge is 0.258 e. The molecule has 1 aliphatic heterocycles. The van der Waals surface area contributed by atoms with Crippen LogP contribution in [0.1, 0.15) is 66.1 Å². The van der Waals surface area contributed by atoms with Crippen LogP contribution in [0.4, 0.5) is 0 Å². The van der Waals surface area contributed by atoms with Crippen LogP contribution in [0, 0.1) is 0 Å². The number of carbonyl (C=O) groups excluding carboxylic acids is 1. The summed E-state index contributed by atoms with van der Waals surface area (Å²) in [6.45, 7) is 1.82. The van der Waals surface area contributed by atoms with E-state index in [9.17, 15) is 4.79 Å². The van der Waals surface area contributed by atoms with E-state index >= 15 is 0 Å². The summed E-state index contributed by atoms with van der Waals surface area (Å²) >= 11 is 0. The lowest BCUT2D eigenvalue weighted by Gasteiger charge is -2.16. The van der Waals surface area contributed by atoms with Crippen molar-refractivity contribution in [1.82, 2.24) is 29.9 Å². The van der Waals surface area contributed by atoms with Gasteiger partial charge < -0.3 is 14.6 Å². The highest BCUT2D eigenvalue weighted by molar-refractivity contribution is 5.96. The molecule has 0 saturated heterocycles. The molecule has 2 saturated carbocycles. The number of carbonyl (C=O) groups is 1. The zero-order valence-electron chi connectivity index (χ0n) is 13.4. The summed E-state index contributed by atoms with van der Waals surface area (Å²) in [5.74, 6) is 2.93. The fourth-order valence-electron chi connectivity index (χ4n) is 3.29. The maximum atomic E-state index is 12.5. The summed E-state index contributed by atoms with van der Waals surface area (Å²) in [5, 5.41) is 15.9. The minimum atomic E-state index is -0.170. The molecule has 3 heterocycles. The second-order valence-corrected chi connectivity index (χ2v) is 6.82. The second-order valence-electron chi connectivity index (χ2n) is 6.82. The Hall–Kier alpha value is -2.38. The molecule has 2 aromatic rings. The van der Waals surface area contributed by atoms with E-state index in [1.165, 1.54) is 25.7 Å². The number of aromatic nitrogens is 5. The van der Waals surface area contributed by atoms with Crippen molar-refractivity contribution in [2.45, 2.75) is 57.2 Å². The van der Waals surface area contributed by atoms with Gasteiger partial charge in [-0.15, -0.1) is 10.2 Å². The van der Waals surface area contributed by atoms with E-state index in [0.29, 0.717) is 36.6 Å². The first kappa shape index (κ1) is 14.0. The van der Waals surface area contributed by atoms with E-state index in [0.717, 1.165) is 24.6 Å². The van der Waals surface area contributed by atoms with E-state index in [2.05, 4.69) is 25.2 Å². The molecule has 2 fully saturated rings. The van der Waals surface area contributed by atoms with Gasteiger partial charge in [-0.25, -0.2) is 4.68 Å². The third kappa shape index (κ3) is 2.37. The van der Waals surface area contributed by atoms with E-state index in [1.807, 2.05) is 0 Å². The van der Waals surface area contributed by atoms with Gasteiger partial charge in [-0.3, -0.25) is 4.79 Å². The lowest BCUT2D eigenvalue weighted by atomic mass is 10.3. The molecule has 1 amide bonds. The van der Waals surface area contributed by atoms with Crippen LogP contribution in [0.25, 0.3) is 0 Å². The molecule has 2 aliphatic carbocycles. The van der Waals surface area contributed by atoms with Gasteiger partial charge in [0.05, 0.1) is 19.3 Å². The van der Waals surface area contributed by atoms with Gasteiger partial charge in [0.15, 0.2) is 5.82 Å². The zero-order chi connectivity index (χ0) is 16.1. The van der Waals surface area contributed by atoms with Gasteiger partial charge in [0.2, 0.25) is 5.88 Å². The molecule has 0 bridgehead atoms. The minimum absolute atomic E-state index is 0.170. The number of ether oxygens (including phenoxy) is 1. The van der Waals surface area contributed by atoms with Crippen molar-refractivity contribution in [3.63, 3.8) is 0 Å². The molecule has 0 spiro atoms.